The van der Waals surface area contributed by atoms with Crippen LogP contribution in [0.4, 0.5) is 14.7 Å². The van der Waals surface area contributed by atoms with Crippen molar-refractivity contribution in [2.45, 2.75) is 25.5 Å². The predicted molar refractivity (Wildman–Crippen MR) is 102 cm³/mol. The number of benzene rings is 1. The fraction of sp³-hybridized carbons (Fsp3) is 0.316. The van der Waals surface area contributed by atoms with Crippen molar-refractivity contribution in [3.05, 3.63) is 52.5 Å². The Morgan fingerprint density at radius 2 is 2.03 bits per heavy atom. The summed E-state index contributed by atoms with van der Waals surface area (Å²) in [7, 11) is 1.47. The molecule has 3 rings (SSSR count). The van der Waals surface area contributed by atoms with E-state index in [1.54, 1.807) is 6.92 Å². The first-order valence-corrected chi connectivity index (χ1v) is 8.85. The normalized spacial score (nSPS) is 13.3. The number of fused-ring (bicyclic) bond motifs is 1. The van der Waals surface area contributed by atoms with Gasteiger partial charge in [0.2, 0.25) is 5.95 Å². The van der Waals surface area contributed by atoms with Gasteiger partial charge >= 0.3 is 0 Å². The molecule has 0 saturated carbocycles. The van der Waals surface area contributed by atoms with E-state index in [2.05, 4.69) is 15.3 Å². The highest BCUT2D eigenvalue weighted by molar-refractivity contribution is 5.76. The smallest absolute Gasteiger partial charge is 0.294 e. The number of aromatic nitrogens is 3. The zero-order valence-corrected chi connectivity index (χ0v) is 15.8. The Kier molecular flexibility index (Phi) is 6.04. The third kappa shape index (κ3) is 4.49. The van der Waals surface area contributed by atoms with Crippen LogP contribution < -0.4 is 15.6 Å². The number of rotatable bonds is 7. The molecule has 29 heavy (non-hydrogen) atoms. The number of aliphatic hydroxyl groups is 2. The molecule has 0 bridgehead atoms. The summed E-state index contributed by atoms with van der Waals surface area (Å²) in [4.78, 5) is 21.0. The Bertz CT molecular complexity index is 1090. The standard InChI is InChI=1S/C19H20F2N4O4/c1-10(27)14(5-6-26)23-19-22-9-11-7-16(18(28)25(2)17(11)24-19)29-15-4-3-12(20)8-13(15)21/h3-4,7-10,14,26-27H,5-6H2,1-2H3,(H,22,23,24)/t10-,14+/m0/s1. The molecule has 2 heterocycles. The molecule has 0 aliphatic heterocycles. The first-order chi connectivity index (χ1) is 13.8. The Labute approximate surface area is 164 Å². The Morgan fingerprint density at radius 1 is 1.28 bits per heavy atom. The van der Waals surface area contributed by atoms with Crippen molar-refractivity contribution in [3.63, 3.8) is 0 Å². The Hall–Kier alpha value is -3.11. The van der Waals surface area contributed by atoms with Crippen molar-refractivity contribution < 1.29 is 23.7 Å². The van der Waals surface area contributed by atoms with Crippen LogP contribution in [0.1, 0.15) is 13.3 Å². The van der Waals surface area contributed by atoms with Gasteiger partial charge in [0.05, 0.1) is 12.1 Å². The lowest BCUT2D eigenvalue weighted by atomic mass is 10.1. The quantitative estimate of drug-likeness (QED) is 0.550. The number of halogens is 2. The van der Waals surface area contributed by atoms with Crippen LogP contribution >= 0.6 is 0 Å². The molecule has 8 nitrogen and oxygen atoms in total. The molecule has 0 radical (unpaired) electrons. The SMILES string of the molecule is C[C@H](O)[C@@H](CCO)Nc1ncc2cc(Oc3ccc(F)cc3F)c(=O)n(C)c2n1. The van der Waals surface area contributed by atoms with Crippen LogP contribution in [0.5, 0.6) is 11.5 Å². The zero-order valence-electron chi connectivity index (χ0n) is 15.8. The zero-order chi connectivity index (χ0) is 21.1. The van der Waals surface area contributed by atoms with Gasteiger partial charge in [0.1, 0.15) is 11.5 Å². The van der Waals surface area contributed by atoms with Gasteiger partial charge in [0.25, 0.3) is 5.56 Å². The molecule has 0 fully saturated rings. The highest BCUT2D eigenvalue weighted by Crippen LogP contribution is 2.25. The number of anilines is 1. The van der Waals surface area contributed by atoms with E-state index in [0.717, 1.165) is 12.1 Å². The minimum Gasteiger partial charge on any atom is -0.448 e. The summed E-state index contributed by atoms with van der Waals surface area (Å²) in [5.41, 5.74) is -0.291. The molecule has 3 N–H and O–H groups in total. The maximum absolute atomic E-state index is 13.8. The summed E-state index contributed by atoms with van der Waals surface area (Å²) in [5, 5.41) is 22.3. The van der Waals surface area contributed by atoms with Crippen LogP contribution in [0.25, 0.3) is 11.0 Å². The maximum Gasteiger partial charge on any atom is 0.294 e. The molecule has 0 unspecified atom stereocenters. The van der Waals surface area contributed by atoms with Crippen molar-refractivity contribution >= 4 is 17.0 Å². The average molecular weight is 406 g/mol. The van der Waals surface area contributed by atoms with Crippen LogP contribution in [0.15, 0.2) is 35.3 Å². The molecular weight excluding hydrogens is 386 g/mol. The maximum atomic E-state index is 13.8. The fourth-order valence-corrected chi connectivity index (χ4v) is 2.78. The molecular formula is C19H20F2N4O4. The highest BCUT2D eigenvalue weighted by atomic mass is 19.1. The number of hydrogen-bond acceptors (Lipinski definition) is 7. The molecule has 0 spiro atoms. The van der Waals surface area contributed by atoms with Gasteiger partial charge in [-0.25, -0.2) is 13.8 Å². The third-order valence-corrected chi connectivity index (χ3v) is 4.37. The Balaban J connectivity index is 1.96. The molecule has 10 heteroatoms. The molecule has 0 amide bonds. The summed E-state index contributed by atoms with van der Waals surface area (Å²) in [6.45, 7) is 1.44. The number of pyridine rings is 1. The van der Waals surface area contributed by atoms with E-state index in [-0.39, 0.29) is 36.1 Å². The molecule has 2 aromatic heterocycles. The lowest BCUT2D eigenvalue weighted by Crippen LogP contribution is -2.33. The van der Waals surface area contributed by atoms with Gasteiger partial charge in [-0.3, -0.25) is 9.36 Å². The second-order valence-electron chi connectivity index (χ2n) is 6.53. The summed E-state index contributed by atoms with van der Waals surface area (Å²) >= 11 is 0. The van der Waals surface area contributed by atoms with Crippen molar-refractivity contribution in [2.24, 2.45) is 7.05 Å². The summed E-state index contributed by atoms with van der Waals surface area (Å²) in [5.74, 6) is -1.98. The monoisotopic (exact) mass is 406 g/mol. The number of nitrogens with zero attached hydrogens (tertiary/aromatic N) is 3. The first kappa shape index (κ1) is 20.6. The molecule has 3 aromatic rings. The van der Waals surface area contributed by atoms with E-state index in [9.17, 15) is 18.7 Å². The molecule has 0 aliphatic rings. The van der Waals surface area contributed by atoms with Gasteiger partial charge in [-0.15, -0.1) is 0 Å². The number of hydrogen-bond donors (Lipinski definition) is 3. The first-order valence-electron chi connectivity index (χ1n) is 8.85. The van der Waals surface area contributed by atoms with Gasteiger partial charge in [-0.1, -0.05) is 0 Å². The number of aliphatic hydroxyl groups excluding tert-OH is 2. The summed E-state index contributed by atoms with van der Waals surface area (Å²) < 4.78 is 33.4. The van der Waals surface area contributed by atoms with Gasteiger partial charge in [-0.05, 0) is 31.5 Å². The molecule has 2 atom stereocenters. The van der Waals surface area contributed by atoms with Crippen LogP contribution in [-0.2, 0) is 7.05 Å². The van der Waals surface area contributed by atoms with E-state index in [4.69, 9.17) is 9.84 Å². The van der Waals surface area contributed by atoms with Crippen molar-refractivity contribution in [3.8, 4) is 11.5 Å². The van der Waals surface area contributed by atoms with E-state index in [0.29, 0.717) is 11.5 Å². The van der Waals surface area contributed by atoms with Crippen LogP contribution in [0, 0.1) is 11.6 Å². The third-order valence-electron chi connectivity index (χ3n) is 4.37. The predicted octanol–water partition coefficient (Wildman–Crippen LogP) is 1.94. The van der Waals surface area contributed by atoms with E-state index in [1.807, 2.05) is 0 Å². The summed E-state index contributed by atoms with van der Waals surface area (Å²) in [6.07, 6.45) is 0.968. The van der Waals surface area contributed by atoms with E-state index >= 15 is 0 Å². The van der Waals surface area contributed by atoms with Crippen molar-refractivity contribution in [2.75, 3.05) is 11.9 Å². The lowest BCUT2D eigenvalue weighted by molar-refractivity contribution is 0.152. The molecule has 0 aliphatic carbocycles. The second kappa shape index (κ2) is 8.50. The number of aryl methyl sites for hydroxylation is 1. The van der Waals surface area contributed by atoms with E-state index < -0.39 is 29.3 Å². The minimum absolute atomic E-state index is 0.130. The largest absolute Gasteiger partial charge is 0.448 e. The van der Waals surface area contributed by atoms with Gasteiger partial charge < -0.3 is 20.3 Å². The van der Waals surface area contributed by atoms with Crippen molar-refractivity contribution in [1.29, 1.82) is 0 Å². The summed E-state index contributed by atoms with van der Waals surface area (Å²) in [6, 6.07) is 3.67. The van der Waals surface area contributed by atoms with Crippen LogP contribution in [0.2, 0.25) is 0 Å². The van der Waals surface area contributed by atoms with Gasteiger partial charge in [0.15, 0.2) is 17.3 Å². The lowest BCUT2D eigenvalue weighted by Gasteiger charge is -2.20. The average Bonchev–Trinajstić information content (AvgIpc) is 2.68. The molecule has 0 saturated heterocycles. The van der Waals surface area contributed by atoms with Crippen LogP contribution in [-0.4, -0.2) is 43.5 Å². The second-order valence-corrected chi connectivity index (χ2v) is 6.53. The highest BCUT2D eigenvalue weighted by Gasteiger charge is 2.17. The van der Waals surface area contributed by atoms with Crippen LogP contribution in [0.3, 0.4) is 0 Å². The Morgan fingerprint density at radius 3 is 2.69 bits per heavy atom. The fourth-order valence-electron chi connectivity index (χ4n) is 2.78. The number of nitrogens with one attached hydrogen (secondary N) is 1. The van der Waals surface area contributed by atoms with Gasteiger partial charge in [0, 0.05) is 31.3 Å². The number of ether oxygens (including phenoxy) is 1. The topological polar surface area (TPSA) is 110 Å². The molecule has 1 aromatic carbocycles. The van der Waals surface area contributed by atoms with Crippen molar-refractivity contribution in [1.82, 2.24) is 14.5 Å². The molecule has 154 valence electrons. The van der Waals surface area contributed by atoms with E-state index in [1.165, 1.54) is 23.9 Å². The minimum atomic E-state index is -0.934. The van der Waals surface area contributed by atoms with Gasteiger partial charge in [-0.2, -0.15) is 4.98 Å².